The second kappa shape index (κ2) is 2.58. The Labute approximate surface area is 75.1 Å². The molecule has 0 saturated heterocycles. The van der Waals surface area contributed by atoms with Crippen molar-refractivity contribution in [3.8, 4) is 0 Å². The molecule has 0 saturated carbocycles. The van der Waals surface area contributed by atoms with E-state index in [9.17, 15) is 5.21 Å². The van der Waals surface area contributed by atoms with Crippen LogP contribution in [-0.4, -0.2) is 13.6 Å². The molecule has 0 radical (unpaired) electrons. The maximum Gasteiger partial charge on any atom is 0.193 e. The predicted octanol–water partition coefficient (Wildman–Crippen LogP) is 1.63. The van der Waals surface area contributed by atoms with E-state index in [0.717, 1.165) is 10.7 Å². The molecule has 4 heteroatoms. The number of hydrogen-bond acceptors (Lipinski definition) is 3. The summed E-state index contributed by atoms with van der Waals surface area (Å²) in [7, 11) is 1.84. The lowest BCUT2D eigenvalue weighted by molar-refractivity contribution is 0.457. The minimum Gasteiger partial charge on any atom is -0.621 e. The van der Waals surface area contributed by atoms with Crippen LogP contribution in [-0.2, 0) is 0 Å². The van der Waals surface area contributed by atoms with Gasteiger partial charge in [0.25, 0.3) is 0 Å². The fourth-order valence-electron chi connectivity index (χ4n) is 1.25. The maximum absolute atomic E-state index is 11.8. The molecule has 64 valence electrons. The monoisotopic (exact) mass is 182 g/mol. The van der Waals surface area contributed by atoms with Crippen molar-refractivity contribution in [3.05, 3.63) is 34.6 Å². The molecule has 1 aliphatic heterocycles. The molecule has 1 aromatic rings. The quantitative estimate of drug-likeness (QED) is 0.557. The average Bonchev–Trinajstić information content (AvgIpc) is 2.50. The van der Waals surface area contributed by atoms with Crippen LogP contribution in [0.5, 0.6) is 0 Å². The highest BCUT2D eigenvalue weighted by Crippen LogP contribution is 2.34. The van der Waals surface area contributed by atoms with Crippen LogP contribution in [0.15, 0.2) is 29.4 Å². The van der Waals surface area contributed by atoms with Gasteiger partial charge in [-0.2, -0.15) is 0 Å². The number of thiophene rings is 1. The van der Waals surface area contributed by atoms with Crippen LogP contribution in [0.3, 0.4) is 0 Å². The van der Waals surface area contributed by atoms with Crippen LogP contribution < -0.4 is 9.96 Å². The highest BCUT2D eigenvalue weighted by atomic mass is 32.1. The van der Waals surface area contributed by atoms with Crippen LogP contribution in [0.4, 0.5) is 5.00 Å². The molecule has 2 rings (SSSR count). The first-order valence-corrected chi connectivity index (χ1v) is 4.65. The first-order chi connectivity index (χ1) is 5.74. The van der Waals surface area contributed by atoms with Gasteiger partial charge in [0.1, 0.15) is 18.4 Å². The normalized spacial score (nSPS) is 27.7. The summed E-state index contributed by atoms with van der Waals surface area (Å²) in [5, 5.41) is 17.6. The third-order valence-corrected chi connectivity index (χ3v) is 2.95. The molecule has 1 N–H and O–H groups in total. The molecule has 0 fully saturated rings. The van der Waals surface area contributed by atoms with Gasteiger partial charge in [-0.1, -0.05) is 11.3 Å². The van der Waals surface area contributed by atoms with Gasteiger partial charge in [0.05, 0.1) is 0 Å². The highest BCUT2D eigenvalue weighted by molar-refractivity contribution is 7.14. The molecule has 2 heterocycles. The molecular weight excluding hydrogens is 172 g/mol. The van der Waals surface area contributed by atoms with Gasteiger partial charge in [-0.25, -0.2) is 0 Å². The average molecular weight is 182 g/mol. The van der Waals surface area contributed by atoms with Crippen molar-refractivity contribution in [1.82, 2.24) is 9.96 Å². The van der Waals surface area contributed by atoms with Crippen molar-refractivity contribution in [2.45, 2.75) is 0 Å². The second-order valence-corrected chi connectivity index (χ2v) is 3.74. The number of nitrogens with zero attached hydrogens (tertiary/aromatic N) is 1. The van der Waals surface area contributed by atoms with E-state index in [2.05, 4.69) is 5.32 Å². The Morgan fingerprint density at radius 1 is 1.67 bits per heavy atom. The fourth-order valence-corrected chi connectivity index (χ4v) is 2.00. The van der Waals surface area contributed by atoms with Crippen molar-refractivity contribution in [2.24, 2.45) is 0 Å². The Morgan fingerprint density at radius 2 is 2.42 bits per heavy atom. The number of hydrogen-bond donors (Lipinski definition) is 1. The Hall–Kier alpha value is -0.840. The van der Waals surface area contributed by atoms with Crippen LogP contribution in [0.25, 0.3) is 0 Å². The minimum absolute atomic E-state index is 0.298. The van der Waals surface area contributed by atoms with E-state index in [4.69, 9.17) is 0 Å². The number of likely N-dealkylation sites (N-methyl/N-ethyl adjacent to an activating group) is 1. The number of nitrogens with one attached hydrogen (secondary N) is 1. The highest BCUT2D eigenvalue weighted by Gasteiger charge is 2.30. The molecule has 0 spiro atoms. The fraction of sp³-hybridized carbons (Fsp3) is 0.250. The van der Waals surface area contributed by atoms with E-state index in [1.165, 1.54) is 11.3 Å². The summed E-state index contributed by atoms with van der Waals surface area (Å²) in [6, 6.07) is 3.78. The number of hydroxylamine groups is 2. The summed E-state index contributed by atoms with van der Waals surface area (Å²) < 4.78 is -0.298. The van der Waals surface area contributed by atoms with Crippen molar-refractivity contribution in [3.63, 3.8) is 0 Å². The van der Waals surface area contributed by atoms with Crippen molar-refractivity contribution in [2.75, 3.05) is 13.6 Å². The second-order valence-electron chi connectivity index (χ2n) is 2.81. The topological polar surface area (TPSA) is 35.1 Å². The molecule has 1 atom stereocenters. The van der Waals surface area contributed by atoms with Gasteiger partial charge in [0, 0.05) is 13.1 Å². The Morgan fingerprint density at radius 3 is 2.92 bits per heavy atom. The molecule has 1 aromatic heterocycles. The zero-order valence-corrected chi connectivity index (χ0v) is 7.60. The molecule has 1 unspecified atom stereocenters. The van der Waals surface area contributed by atoms with Gasteiger partial charge in [0.15, 0.2) is 5.00 Å². The van der Waals surface area contributed by atoms with E-state index in [1.54, 1.807) is 6.20 Å². The lowest BCUT2D eigenvalue weighted by atomic mass is 10.3. The largest absolute Gasteiger partial charge is 0.621 e. The van der Waals surface area contributed by atoms with Gasteiger partial charge in [-0.15, -0.1) is 0 Å². The maximum atomic E-state index is 11.8. The zero-order valence-electron chi connectivity index (χ0n) is 6.78. The first-order valence-electron chi connectivity index (χ1n) is 3.77. The molecule has 0 amide bonds. The molecule has 0 bridgehead atoms. The van der Waals surface area contributed by atoms with Gasteiger partial charge < -0.3 is 10.5 Å². The van der Waals surface area contributed by atoms with Gasteiger partial charge in [0.2, 0.25) is 0 Å². The summed E-state index contributed by atoms with van der Waals surface area (Å²) in [4.78, 5) is 0. The van der Waals surface area contributed by atoms with Crippen LogP contribution in [0, 0.1) is 5.21 Å². The van der Waals surface area contributed by atoms with Crippen LogP contribution >= 0.6 is 11.3 Å². The minimum atomic E-state index is -0.298. The first kappa shape index (κ1) is 7.79. The van der Waals surface area contributed by atoms with Gasteiger partial charge in [-0.3, -0.25) is 4.65 Å². The molecule has 1 aliphatic rings. The summed E-state index contributed by atoms with van der Waals surface area (Å²) in [5.74, 6) is 0. The lowest BCUT2D eigenvalue weighted by Gasteiger charge is -2.43. The Bertz CT molecular complexity index is 307. The molecule has 3 nitrogen and oxygen atoms in total. The molecule has 12 heavy (non-hydrogen) atoms. The third-order valence-electron chi connectivity index (χ3n) is 1.97. The van der Waals surface area contributed by atoms with Crippen molar-refractivity contribution in [1.29, 1.82) is 0 Å². The lowest BCUT2D eigenvalue weighted by Crippen LogP contribution is -2.49. The van der Waals surface area contributed by atoms with E-state index >= 15 is 0 Å². The number of quaternary nitrogens is 1. The molecule has 0 aliphatic carbocycles. The van der Waals surface area contributed by atoms with Gasteiger partial charge >= 0.3 is 0 Å². The summed E-state index contributed by atoms with van der Waals surface area (Å²) in [5.41, 5.74) is 1.03. The van der Waals surface area contributed by atoms with Gasteiger partial charge in [-0.05, 0) is 11.4 Å². The Kier molecular flexibility index (Phi) is 1.68. The van der Waals surface area contributed by atoms with Crippen molar-refractivity contribution < 1.29 is 0 Å². The molecule has 0 aromatic carbocycles. The van der Waals surface area contributed by atoms with Crippen LogP contribution in [0.2, 0.25) is 0 Å². The summed E-state index contributed by atoms with van der Waals surface area (Å²) >= 11 is 1.51. The smallest absolute Gasteiger partial charge is 0.193 e. The Balaban J connectivity index is 2.23. The number of rotatable bonds is 2. The van der Waals surface area contributed by atoms with E-state index in [1.807, 2.05) is 24.6 Å². The van der Waals surface area contributed by atoms with E-state index < -0.39 is 0 Å². The standard InChI is InChI=1S/C8H10N2OS/c1-9-7-5-10(11,6-7)8-3-2-4-12-8/h2-5,9H,6H2,1H3. The summed E-state index contributed by atoms with van der Waals surface area (Å²) in [6.45, 7) is 0.539. The predicted molar refractivity (Wildman–Crippen MR) is 51.5 cm³/mol. The van der Waals surface area contributed by atoms with E-state index in [0.29, 0.717) is 6.54 Å². The van der Waals surface area contributed by atoms with E-state index in [-0.39, 0.29) is 4.65 Å². The third kappa shape index (κ3) is 1.04. The SMILES string of the molecule is CNC1=C[N+]([O-])(c2cccs2)C1. The zero-order chi connectivity index (χ0) is 8.60. The summed E-state index contributed by atoms with van der Waals surface area (Å²) in [6.07, 6.45) is 1.70. The van der Waals surface area contributed by atoms with Crippen LogP contribution in [0.1, 0.15) is 0 Å². The molecular formula is C8H10N2OS. The van der Waals surface area contributed by atoms with Crippen molar-refractivity contribution >= 4 is 16.3 Å².